The fourth-order valence-electron chi connectivity index (χ4n) is 4.13. The van der Waals surface area contributed by atoms with Crippen molar-refractivity contribution >= 4 is 15.9 Å². The van der Waals surface area contributed by atoms with Gasteiger partial charge in [0, 0.05) is 26.1 Å². The lowest BCUT2D eigenvalue weighted by atomic mass is 9.70. The Morgan fingerprint density at radius 3 is 2.45 bits per heavy atom. The minimum absolute atomic E-state index is 0.0447. The molecule has 0 radical (unpaired) electrons. The van der Waals surface area contributed by atoms with Gasteiger partial charge in [0.1, 0.15) is 5.82 Å². The largest absolute Gasteiger partial charge is 0.355 e. The van der Waals surface area contributed by atoms with E-state index in [0.717, 1.165) is 30.7 Å². The van der Waals surface area contributed by atoms with E-state index in [-0.39, 0.29) is 35.1 Å². The second-order valence-corrected chi connectivity index (χ2v) is 10.8. The first kappa shape index (κ1) is 25.5. The molecule has 0 aliphatic heterocycles. The number of nitrogens with zero attached hydrogens (tertiary/aromatic N) is 1. The van der Waals surface area contributed by atoms with Crippen molar-refractivity contribution in [2.24, 2.45) is 23.7 Å². The van der Waals surface area contributed by atoms with Gasteiger partial charge >= 0.3 is 0 Å². The Morgan fingerprint density at radius 2 is 1.87 bits per heavy atom. The molecule has 174 valence electrons. The molecule has 0 aromatic heterocycles. The predicted molar refractivity (Wildman–Crippen MR) is 121 cm³/mol. The number of hydrogen-bond donors (Lipinski definition) is 2. The molecule has 1 aromatic rings. The molecule has 2 N–H and O–H groups in total. The summed E-state index contributed by atoms with van der Waals surface area (Å²) in [6.07, 6.45) is 3.43. The summed E-state index contributed by atoms with van der Waals surface area (Å²) in [7, 11) is 0.233. The molecule has 0 spiro atoms. The number of amides is 1. The lowest BCUT2D eigenvalue weighted by Gasteiger charge is -2.37. The summed E-state index contributed by atoms with van der Waals surface area (Å²) in [6.45, 7) is 8.00. The van der Waals surface area contributed by atoms with Crippen LogP contribution in [-0.2, 0) is 14.8 Å². The second-order valence-electron chi connectivity index (χ2n) is 9.08. The van der Waals surface area contributed by atoms with E-state index in [9.17, 15) is 17.6 Å². The Bertz CT molecular complexity index is 867. The molecule has 0 saturated heterocycles. The van der Waals surface area contributed by atoms with Crippen molar-refractivity contribution in [2.75, 3.05) is 33.7 Å². The number of hydrogen-bond acceptors (Lipinski definition) is 4. The van der Waals surface area contributed by atoms with Crippen molar-refractivity contribution in [1.29, 1.82) is 0 Å². The lowest BCUT2D eigenvalue weighted by molar-refractivity contribution is -0.122. The number of carbonyl (C=O) groups is 1. The van der Waals surface area contributed by atoms with Crippen molar-refractivity contribution < 1.29 is 17.6 Å². The summed E-state index contributed by atoms with van der Waals surface area (Å²) in [5.41, 5.74) is 1.13. The van der Waals surface area contributed by atoms with Crippen LogP contribution in [0.2, 0.25) is 0 Å². The fraction of sp³-hybridized carbons (Fsp3) is 0.609. The summed E-state index contributed by atoms with van der Waals surface area (Å²) in [6, 6.07) is 4.82. The Balaban J connectivity index is 2.03. The van der Waals surface area contributed by atoms with Crippen molar-refractivity contribution in [3.8, 4) is 0 Å². The van der Waals surface area contributed by atoms with Gasteiger partial charge in [-0.15, -0.1) is 0 Å². The number of sulfonamides is 1. The minimum Gasteiger partial charge on any atom is -0.355 e. The molecule has 1 amide bonds. The van der Waals surface area contributed by atoms with E-state index >= 15 is 0 Å². The summed E-state index contributed by atoms with van der Waals surface area (Å²) < 4.78 is 41.0. The average Bonchev–Trinajstić information content (AvgIpc) is 2.68. The Morgan fingerprint density at radius 1 is 1.23 bits per heavy atom. The smallest absolute Gasteiger partial charge is 0.240 e. The van der Waals surface area contributed by atoms with Crippen LogP contribution >= 0.6 is 0 Å². The van der Waals surface area contributed by atoms with E-state index in [2.05, 4.69) is 30.0 Å². The molecule has 1 aliphatic rings. The maximum atomic E-state index is 13.1. The molecule has 0 fully saturated rings. The van der Waals surface area contributed by atoms with Crippen LogP contribution in [0.1, 0.15) is 33.6 Å². The van der Waals surface area contributed by atoms with Gasteiger partial charge in [-0.2, -0.15) is 0 Å². The summed E-state index contributed by atoms with van der Waals surface area (Å²) in [5, 5.41) is 2.98. The van der Waals surface area contributed by atoms with E-state index in [4.69, 9.17) is 0 Å². The Labute approximate surface area is 186 Å². The van der Waals surface area contributed by atoms with Crippen LogP contribution in [0.15, 0.2) is 40.8 Å². The molecule has 1 aromatic carbocycles. The van der Waals surface area contributed by atoms with Crippen LogP contribution in [-0.4, -0.2) is 53.0 Å². The molecule has 3 atom stereocenters. The second kappa shape index (κ2) is 11.2. The van der Waals surface area contributed by atoms with Gasteiger partial charge in [-0.1, -0.05) is 25.5 Å². The molecule has 0 heterocycles. The first-order valence-corrected chi connectivity index (χ1v) is 12.3. The summed E-state index contributed by atoms with van der Waals surface area (Å²) in [5.74, 6) is 0.405. The van der Waals surface area contributed by atoms with Crippen LogP contribution in [0.5, 0.6) is 0 Å². The summed E-state index contributed by atoms with van der Waals surface area (Å²) in [4.78, 5) is 14.4. The van der Waals surface area contributed by atoms with Gasteiger partial charge in [0.2, 0.25) is 15.9 Å². The molecule has 31 heavy (non-hydrogen) atoms. The highest BCUT2D eigenvalue weighted by molar-refractivity contribution is 7.89. The summed E-state index contributed by atoms with van der Waals surface area (Å²) >= 11 is 0. The van der Waals surface area contributed by atoms with Crippen LogP contribution < -0.4 is 10.0 Å². The highest BCUT2D eigenvalue weighted by Gasteiger charge is 2.33. The van der Waals surface area contributed by atoms with Gasteiger partial charge in [0.15, 0.2) is 0 Å². The normalized spacial score (nSPS) is 21.9. The SMILES string of the molecule is CC1=CC(CNS(=O)(=O)c2ccc(F)cc2)C(C(C)C)CC1CC(=O)NCCN(C)C. The van der Waals surface area contributed by atoms with Gasteiger partial charge in [0.25, 0.3) is 0 Å². The molecular formula is C23H36FN3O3S. The topological polar surface area (TPSA) is 78.5 Å². The monoisotopic (exact) mass is 453 g/mol. The third-order valence-corrected chi connectivity index (χ3v) is 7.47. The Hall–Kier alpha value is -1.77. The third kappa shape index (κ3) is 7.70. The van der Waals surface area contributed by atoms with Crippen molar-refractivity contribution in [2.45, 2.75) is 38.5 Å². The van der Waals surface area contributed by atoms with Gasteiger partial charge in [0.05, 0.1) is 4.90 Å². The highest BCUT2D eigenvalue weighted by atomic mass is 32.2. The van der Waals surface area contributed by atoms with Gasteiger partial charge < -0.3 is 10.2 Å². The zero-order chi connectivity index (χ0) is 23.2. The fourth-order valence-corrected chi connectivity index (χ4v) is 5.20. The molecular weight excluding hydrogens is 417 g/mol. The number of rotatable bonds is 10. The number of benzene rings is 1. The standard InChI is InChI=1S/C23H36FN3O3S/c1-16(2)22-13-18(14-23(28)25-10-11-27(4)5)17(3)12-19(22)15-26-31(29,30)21-8-6-20(24)7-9-21/h6-9,12,16,18-19,22,26H,10-11,13-15H2,1-5H3,(H,25,28). The average molecular weight is 454 g/mol. The predicted octanol–water partition coefficient (Wildman–Crippen LogP) is 3.03. The first-order valence-electron chi connectivity index (χ1n) is 10.8. The molecule has 3 unspecified atom stereocenters. The van der Waals surface area contributed by atoms with Crippen LogP contribution in [0.3, 0.4) is 0 Å². The maximum absolute atomic E-state index is 13.1. The van der Waals surface area contributed by atoms with Crippen LogP contribution in [0.25, 0.3) is 0 Å². The highest BCUT2D eigenvalue weighted by Crippen LogP contribution is 2.38. The molecule has 1 aliphatic carbocycles. The van der Waals surface area contributed by atoms with E-state index in [1.54, 1.807) is 0 Å². The van der Waals surface area contributed by atoms with E-state index in [1.807, 2.05) is 25.9 Å². The molecule has 6 nitrogen and oxygen atoms in total. The number of likely N-dealkylation sites (N-methyl/N-ethyl adjacent to an activating group) is 1. The number of halogens is 1. The quantitative estimate of drug-likeness (QED) is 0.534. The van der Waals surface area contributed by atoms with E-state index in [1.165, 1.54) is 12.1 Å². The van der Waals surface area contributed by atoms with E-state index < -0.39 is 15.8 Å². The van der Waals surface area contributed by atoms with Crippen molar-refractivity contribution in [3.63, 3.8) is 0 Å². The van der Waals surface area contributed by atoms with Gasteiger partial charge in [-0.05, 0) is 75.4 Å². The van der Waals surface area contributed by atoms with E-state index in [0.29, 0.717) is 18.9 Å². The van der Waals surface area contributed by atoms with Crippen LogP contribution in [0.4, 0.5) is 4.39 Å². The van der Waals surface area contributed by atoms with Crippen LogP contribution in [0, 0.1) is 29.5 Å². The maximum Gasteiger partial charge on any atom is 0.240 e. The lowest BCUT2D eigenvalue weighted by Crippen LogP contribution is -2.38. The zero-order valence-corrected chi connectivity index (χ0v) is 20.0. The number of nitrogens with one attached hydrogen (secondary N) is 2. The third-order valence-electron chi connectivity index (χ3n) is 6.03. The van der Waals surface area contributed by atoms with Crippen molar-refractivity contribution in [3.05, 3.63) is 41.7 Å². The molecule has 2 rings (SSSR count). The van der Waals surface area contributed by atoms with Crippen molar-refractivity contribution in [1.82, 2.24) is 14.9 Å². The zero-order valence-electron chi connectivity index (χ0n) is 19.2. The first-order chi connectivity index (χ1) is 14.5. The Kier molecular flexibility index (Phi) is 9.21. The molecule has 0 bridgehead atoms. The van der Waals surface area contributed by atoms with Gasteiger partial charge in [-0.25, -0.2) is 17.5 Å². The number of allylic oxidation sites excluding steroid dienone is 1. The number of carbonyl (C=O) groups excluding carboxylic acids is 1. The minimum atomic E-state index is -3.71. The molecule has 8 heteroatoms. The molecule has 0 saturated carbocycles. The van der Waals surface area contributed by atoms with Gasteiger partial charge in [-0.3, -0.25) is 4.79 Å².